The van der Waals surface area contributed by atoms with Gasteiger partial charge in [0.05, 0.1) is 0 Å². The van der Waals surface area contributed by atoms with E-state index in [2.05, 4.69) is 31.3 Å². The first-order chi connectivity index (χ1) is 7.41. The van der Waals surface area contributed by atoms with Gasteiger partial charge in [-0.25, -0.2) is 0 Å². The van der Waals surface area contributed by atoms with Gasteiger partial charge in [-0.05, 0) is 37.0 Å². The van der Waals surface area contributed by atoms with Crippen LogP contribution in [0.2, 0.25) is 0 Å². The Morgan fingerprint density at radius 1 is 1.31 bits per heavy atom. The summed E-state index contributed by atoms with van der Waals surface area (Å²) < 4.78 is 0. The molecular weight excluding hydrogens is 200 g/mol. The molecule has 1 atom stereocenters. The molecule has 1 aromatic rings. The number of carbonyl (C=O) groups excluding carboxylic acids is 1. The Kier molecular flexibility index (Phi) is 3.93. The van der Waals surface area contributed by atoms with Crippen molar-refractivity contribution in [2.45, 2.75) is 39.7 Å². The molecule has 3 N–H and O–H groups in total. The number of nitrogens with one attached hydrogen (secondary N) is 1. The van der Waals surface area contributed by atoms with Crippen LogP contribution in [-0.2, 0) is 4.79 Å². The minimum absolute atomic E-state index is 0.340. The summed E-state index contributed by atoms with van der Waals surface area (Å²) in [4.78, 5) is 10.9. The molecule has 0 bridgehead atoms. The number of nitrogens with two attached hydrogens (primary N) is 1. The van der Waals surface area contributed by atoms with Crippen LogP contribution < -0.4 is 11.1 Å². The summed E-state index contributed by atoms with van der Waals surface area (Å²) in [6.07, 6.45) is 0. The first-order valence-corrected chi connectivity index (χ1v) is 5.58. The number of hydrogen-bond donors (Lipinski definition) is 2. The molecule has 0 spiro atoms. The van der Waals surface area contributed by atoms with Gasteiger partial charge >= 0.3 is 0 Å². The van der Waals surface area contributed by atoms with Crippen LogP contribution in [0.15, 0.2) is 18.2 Å². The lowest BCUT2D eigenvalue weighted by Crippen LogP contribution is -2.32. The zero-order valence-electron chi connectivity index (χ0n) is 10.4. The third-order valence-electron chi connectivity index (χ3n) is 2.72. The number of benzene rings is 1. The number of anilines is 1. The molecule has 0 aliphatic heterocycles. The Morgan fingerprint density at radius 2 is 1.94 bits per heavy atom. The second-order valence-electron chi connectivity index (χ2n) is 4.50. The Hall–Kier alpha value is -1.51. The summed E-state index contributed by atoms with van der Waals surface area (Å²) in [5.74, 6) is 0.175. The van der Waals surface area contributed by atoms with E-state index < -0.39 is 0 Å². The lowest BCUT2D eigenvalue weighted by Gasteiger charge is -2.15. The molecule has 0 radical (unpaired) electrons. The van der Waals surface area contributed by atoms with Gasteiger partial charge in [0.1, 0.15) is 6.04 Å². The Balaban J connectivity index is 2.87. The van der Waals surface area contributed by atoms with Crippen molar-refractivity contribution >= 4 is 11.6 Å². The maximum Gasteiger partial charge on any atom is 0.239 e. The summed E-state index contributed by atoms with van der Waals surface area (Å²) in [6.45, 7) is 8.11. The van der Waals surface area contributed by atoms with E-state index in [4.69, 9.17) is 5.73 Å². The van der Waals surface area contributed by atoms with Crippen molar-refractivity contribution in [1.82, 2.24) is 0 Å². The molecule has 1 rings (SSSR count). The molecule has 16 heavy (non-hydrogen) atoms. The highest BCUT2D eigenvalue weighted by Gasteiger charge is 2.10. The predicted octanol–water partition coefficient (Wildman–Crippen LogP) is 2.40. The van der Waals surface area contributed by atoms with Crippen LogP contribution in [0, 0.1) is 6.92 Å². The van der Waals surface area contributed by atoms with Crippen molar-refractivity contribution in [2.75, 3.05) is 5.32 Å². The number of carbonyl (C=O) groups is 1. The first kappa shape index (κ1) is 12.6. The van der Waals surface area contributed by atoms with Crippen LogP contribution in [0.3, 0.4) is 0 Å². The Bertz CT molecular complexity index is 386. The lowest BCUT2D eigenvalue weighted by molar-refractivity contribution is -0.118. The summed E-state index contributed by atoms with van der Waals surface area (Å²) in [7, 11) is 0. The predicted molar refractivity (Wildman–Crippen MR) is 67.5 cm³/mol. The van der Waals surface area contributed by atoms with E-state index in [1.807, 2.05) is 13.0 Å². The van der Waals surface area contributed by atoms with Gasteiger partial charge in [0.2, 0.25) is 5.91 Å². The minimum atomic E-state index is -0.344. The van der Waals surface area contributed by atoms with Crippen molar-refractivity contribution in [1.29, 1.82) is 0 Å². The SMILES string of the molecule is Cc1cc(C(C)C)ccc1NC(C)C(N)=O. The normalized spacial score (nSPS) is 12.6. The molecule has 1 unspecified atom stereocenters. The Labute approximate surface area is 97.0 Å². The van der Waals surface area contributed by atoms with Crippen molar-refractivity contribution in [2.24, 2.45) is 5.73 Å². The zero-order chi connectivity index (χ0) is 12.3. The van der Waals surface area contributed by atoms with Gasteiger partial charge in [0.15, 0.2) is 0 Å². The molecular formula is C13H20N2O. The summed E-state index contributed by atoms with van der Waals surface area (Å²) in [6, 6.07) is 5.88. The van der Waals surface area contributed by atoms with Gasteiger partial charge in [-0.15, -0.1) is 0 Å². The van der Waals surface area contributed by atoms with Crippen LogP contribution in [0.25, 0.3) is 0 Å². The fraction of sp³-hybridized carbons (Fsp3) is 0.462. The van der Waals surface area contributed by atoms with Gasteiger partial charge < -0.3 is 11.1 Å². The highest BCUT2D eigenvalue weighted by Crippen LogP contribution is 2.22. The smallest absolute Gasteiger partial charge is 0.239 e. The maximum absolute atomic E-state index is 10.9. The maximum atomic E-state index is 10.9. The zero-order valence-corrected chi connectivity index (χ0v) is 10.4. The third-order valence-corrected chi connectivity index (χ3v) is 2.72. The minimum Gasteiger partial charge on any atom is -0.374 e. The van der Waals surface area contributed by atoms with Crippen molar-refractivity contribution in [3.05, 3.63) is 29.3 Å². The third kappa shape index (κ3) is 2.99. The van der Waals surface area contributed by atoms with Crippen molar-refractivity contribution < 1.29 is 4.79 Å². The number of amides is 1. The van der Waals surface area contributed by atoms with Crippen molar-refractivity contribution in [3.8, 4) is 0 Å². The molecule has 3 heteroatoms. The van der Waals surface area contributed by atoms with Crippen LogP contribution in [0.4, 0.5) is 5.69 Å². The summed E-state index contributed by atoms with van der Waals surface area (Å²) >= 11 is 0. The number of primary amides is 1. The second kappa shape index (κ2) is 5.01. The lowest BCUT2D eigenvalue weighted by atomic mass is 10.00. The second-order valence-corrected chi connectivity index (χ2v) is 4.50. The Morgan fingerprint density at radius 3 is 2.38 bits per heavy atom. The van der Waals surface area contributed by atoms with Gasteiger partial charge in [-0.1, -0.05) is 26.0 Å². The van der Waals surface area contributed by atoms with Crippen LogP contribution in [0.1, 0.15) is 37.8 Å². The van der Waals surface area contributed by atoms with E-state index in [1.165, 1.54) is 5.56 Å². The molecule has 1 amide bonds. The molecule has 0 aliphatic rings. The average Bonchev–Trinajstić information content (AvgIpc) is 2.20. The van der Waals surface area contributed by atoms with E-state index >= 15 is 0 Å². The fourth-order valence-corrected chi connectivity index (χ4v) is 1.51. The molecule has 0 saturated carbocycles. The van der Waals surface area contributed by atoms with Crippen LogP contribution in [0.5, 0.6) is 0 Å². The van der Waals surface area contributed by atoms with E-state index in [9.17, 15) is 4.79 Å². The van der Waals surface area contributed by atoms with Crippen LogP contribution in [-0.4, -0.2) is 11.9 Å². The molecule has 0 saturated heterocycles. The standard InChI is InChI=1S/C13H20N2O/c1-8(2)11-5-6-12(9(3)7-11)15-10(4)13(14)16/h5-8,10,15H,1-4H3,(H2,14,16). The molecule has 0 aliphatic carbocycles. The van der Waals surface area contributed by atoms with E-state index in [0.717, 1.165) is 11.3 Å². The van der Waals surface area contributed by atoms with Gasteiger partial charge in [0.25, 0.3) is 0 Å². The fourth-order valence-electron chi connectivity index (χ4n) is 1.51. The van der Waals surface area contributed by atoms with Gasteiger partial charge in [-0.3, -0.25) is 4.79 Å². The monoisotopic (exact) mass is 220 g/mol. The largest absolute Gasteiger partial charge is 0.374 e. The van der Waals surface area contributed by atoms with Gasteiger partial charge in [0, 0.05) is 5.69 Å². The number of hydrogen-bond acceptors (Lipinski definition) is 2. The summed E-state index contributed by atoms with van der Waals surface area (Å²) in [5.41, 5.74) is 8.62. The van der Waals surface area contributed by atoms with E-state index in [-0.39, 0.29) is 11.9 Å². The quantitative estimate of drug-likeness (QED) is 0.818. The topological polar surface area (TPSA) is 55.1 Å². The van der Waals surface area contributed by atoms with Crippen molar-refractivity contribution in [3.63, 3.8) is 0 Å². The van der Waals surface area contributed by atoms with Crippen LogP contribution >= 0.6 is 0 Å². The average molecular weight is 220 g/mol. The number of rotatable bonds is 4. The molecule has 3 nitrogen and oxygen atoms in total. The van der Waals surface area contributed by atoms with E-state index in [1.54, 1.807) is 6.92 Å². The molecule has 1 aromatic carbocycles. The number of aryl methyl sites for hydroxylation is 1. The molecule has 0 aromatic heterocycles. The highest BCUT2D eigenvalue weighted by atomic mass is 16.1. The molecule has 0 fully saturated rings. The first-order valence-electron chi connectivity index (χ1n) is 5.58. The van der Waals surface area contributed by atoms with Gasteiger partial charge in [-0.2, -0.15) is 0 Å². The molecule has 0 heterocycles. The van der Waals surface area contributed by atoms with E-state index in [0.29, 0.717) is 5.92 Å². The molecule has 88 valence electrons. The summed E-state index contributed by atoms with van der Waals surface area (Å²) in [5, 5.41) is 3.10. The highest BCUT2D eigenvalue weighted by molar-refractivity contribution is 5.82.